The van der Waals surface area contributed by atoms with Crippen molar-refractivity contribution in [1.29, 1.82) is 0 Å². The highest BCUT2D eigenvalue weighted by molar-refractivity contribution is 6.06. The van der Waals surface area contributed by atoms with E-state index in [-0.39, 0.29) is 17.8 Å². The Morgan fingerprint density at radius 3 is 2.45 bits per heavy atom. The lowest BCUT2D eigenvalue weighted by Gasteiger charge is -2.32. The van der Waals surface area contributed by atoms with Gasteiger partial charge in [0, 0.05) is 5.69 Å². The molecule has 0 bridgehead atoms. The van der Waals surface area contributed by atoms with Crippen molar-refractivity contribution in [3.63, 3.8) is 0 Å². The zero-order valence-electron chi connectivity index (χ0n) is 18.7. The summed E-state index contributed by atoms with van der Waals surface area (Å²) in [6, 6.07) is 5.71. The van der Waals surface area contributed by atoms with Crippen LogP contribution in [0.3, 0.4) is 0 Å². The molecule has 1 aliphatic carbocycles. The SMILES string of the molecule is Cc1cccc(NC(=O)C[NH+]2CC[NH+](CN3C(=O)NC4(CCCCC4)C3=O)CC2)c1C. The summed E-state index contributed by atoms with van der Waals surface area (Å²) in [7, 11) is 0. The van der Waals surface area contributed by atoms with Gasteiger partial charge in [-0.2, -0.15) is 0 Å². The second-order valence-corrected chi connectivity index (χ2v) is 9.44. The van der Waals surface area contributed by atoms with Gasteiger partial charge < -0.3 is 20.4 Å². The first-order valence-electron chi connectivity index (χ1n) is 11.6. The Labute approximate surface area is 183 Å². The molecular weight excluding hydrogens is 394 g/mol. The number of anilines is 1. The zero-order chi connectivity index (χ0) is 22.0. The van der Waals surface area contributed by atoms with Crippen molar-refractivity contribution >= 4 is 23.5 Å². The molecular formula is C23H35N5O3+2. The van der Waals surface area contributed by atoms with Gasteiger partial charge >= 0.3 is 6.03 Å². The molecule has 2 heterocycles. The quantitative estimate of drug-likeness (QED) is 0.464. The fraction of sp³-hybridized carbons (Fsp3) is 0.609. The number of nitrogens with one attached hydrogen (secondary N) is 4. The van der Waals surface area contributed by atoms with Crippen LogP contribution >= 0.6 is 0 Å². The molecule has 2 aliphatic heterocycles. The van der Waals surface area contributed by atoms with Crippen LogP contribution in [0.25, 0.3) is 0 Å². The molecule has 0 unspecified atom stereocenters. The summed E-state index contributed by atoms with van der Waals surface area (Å²) in [6.45, 7) is 8.31. The molecule has 1 spiro atoms. The molecule has 0 aromatic heterocycles. The van der Waals surface area contributed by atoms with E-state index in [9.17, 15) is 14.4 Å². The van der Waals surface area contributed by atoms with Crippen LogP contribution in [0.4, 0.5) is 10.5 Å². The number of amides is 4. The van der Waals surface area contributed by atoms with E-state index < -0.39 is 5.54 Å². The maximum Gasteiger partial charge on any atom is 0.329 e. The van der Waals surface area contributed by atoms with Gasteiger partial charge in [0.15, 0.2) is 13.2 Å². The van der Waals surface area contributed by atoms with Crippen molar-refractivity contribution in [1.82, 2.24) is 10.2 Å². The number of rotatable bonds is 5. The third-order valence-corrected chi connectivity index (χ3v) is 7.29. The van der Waals surface area contributed by atoms with Crippen LogP contribution in [0.2, 0.25) is 0 Å². The molecule has 2 saturated heterocycles. The van der Waals surface area contributed by atoms with Crippen LogP contribution in [0.1, 0.15) is 43.2 Å². The fourth-order valence-corrected chi connectivity index (χ4v) is 5.14. The van der Waals surface area contributed by atoms with E-state index in [0.29, 0.717) is 13.2 Å². The number of benzene rings is 1. The molecule has 8 heteroatoms. The number of carbonyl (C=O) groups excluding carboxylic acids is 3. The minimum atomic E-state index is -0.645. The van der Waals surface area contributed by atoms with Gasteiger partial charge in [0.25, 0.3) is 11.8 Å². The van der Waals surface area contributed by atoms with E-state index in [0.717, 1.165) is 75.1 Å². The third-order valence-electron chi connectivity index (χ3n) is 7.29. The predicted octanol–water partition coefficient (Wildman–Crippen LogP) is -0.762. The number of carbonyl (C=O) groups is 3. The van der Waals surface area contributed by atoms with Crippen molar-refractivity contribution in [2.45, 2.75) is 51.5 Å². The summed E-state index contributed by atoms with van der Waals surface area (Å²) in [5.41, 5.74) is 2.50. The van der Waals surface area contributed by atoms with Crippen LogP contribution < -0.4 is 20.4 Å². The summed E-state index contributed by atoms with van der Waals surface area (Å²) in [6.07, 6.45) is 4.66. The highest BCUT2D eigenvalue weighted by atomic mass is 16.2. The maximum absolute atomic E-state index is 13.0. The second-order valence-electron chi connectivity index (χ2n) is 9.44. The first-order chi connectivity index (χ1) is 14.9. The first kappa shape index (κ1) is 21.8. The number of hydrogen-bond acceptors (Lipinski definition) is 3. The Kier molecular flexibility index (Phi) is 6.29. The molecule has 168 valence electrons. The van der Waals surface area contributed by atoms with Crippen LogP contribution in [-0.2, 0) is 9.59 Å². The molecule has 8 nitrogen and oxygen atoms in total. The van der Waals surface area contributed by atoms with Gasteiger partial charge in [0.1, 0.15) is 31.7 Å². The van der Waals surface area contributed by atoms with Gasteiger partial charge in [0.2, 0.25) is 0 Å². The highest BCUT2D eigenvalue weighted by Crippen LogP contribution is 2.33. The second kappa shape index (κ2) is 8.96. The molecule has 4 rings (SSSR count). The Morgan fingerprint density at radius 2 is 1.74 bits per heavy atom. The Balaban J connectivity index is 1.25. The number of nitrogens with zero attached hydrogens (tertiary/aromatic N) is 1. The largest absolute Gasteiger partial charge is 0.329 e. The van der Waals surface area contributed by atoms with Crippen molar-refractivity contribution in [3.05, 3.63) is 29.3 Å². The number of quaternary nitrogens is 2. The van der Waals surface area contributed by atoms with E-state index in [2.05, 4.69) is 10.6 Å². The summed E-state index contributed by atoms with van der Waals surface area (Å²) in [5.74, 6) is -0.00660. The lowest BCUT2D eigenvalue weighted by molar-refractivity contribution is -1.01. The molecule has 3 fully saturated rings. The Morgan fingerprint density at radius 1 is 1.06 bits per heavy atom. The Hall–Kier alpha value is -2.45. The molecule has 31 heavy (non-hydrogen) atoms. The summed E-state index contributed by atoms with van der Waals surface area (Å²) < 4.78 is 0. The molecule has 1 saturated carbocycles. The molecule has 4 N–H and O–H groups in total. The van der Waals surface area contributed by atoms with Crippen LogP contribution in [-0.4, -0.2) is 67.7 Å². The van der Waals surface area contributed by atoms with Gasteiger partial charge in [-0.3, -0.25) is 9.59 Å². The highest BCUT2D eigenvalue weighted by Gasteiger charge is 2.52. The maximum atomic E-state index is 13.0. The molecule has 0 atom stereocenters. The van der Waals surface area contributed by atoms with Gasteiger partial charge in [-0.05, 0) is 43.9 Å². The average molecular weight is 430 g/mol. The molecule has 3 aliphatic rings. The minimum absolute atomic E-state index is 0.0282. The van der Waals surface area contributed by atoms with Gasteiger partial charge in [-0.15, -0.1) is 0 Å². The van der Waals surface area contributed by atoms with Gasteiger partial charge in [-0.1, -0.05) is 31.4 Å². The van der Waals surface area contributed by atoms with Crippen LogP contribution in [0.15, 0.2) is 18.2 Å². The van der Waals surface area contributed by atoms with E-state index in [4.69, 9.17) is 0 Å². The average Bonchev–Trinajstić information content (AvgIpc) is 2.97. The summed E-state index contributed by atoms with van der Waals surface area (Å²) in [5, 5.41) is 6.03. The van der Waals surface area contributed by atoms with Crippen molar-refractivity contribution in [2.24, 2.45) is 0 Å². The number of piperazine rings is 1. The fourth-order valence-electron chi connectivity index (χ4n) is 5.14. The summed E-state index contributed by atoms with van der Waals surface area (Å²) in [4.78, 5) is 41.9. The number of aryl methyl sites for hydroxylation is 1. The smallest absolute Gasteiger partial charge is 0.323 e. The van der Waals surface area contributed by atoms with Crippen LogP contribution in [0.5, 0.6) is 0 Å². The number of imide groups is 1. The van der Waals surface area contributed by atoms with E-state index >= 15 is 0 Å². The molecule has 1 aromatic rings. The van der Waals surface area contributed by atoms with Crippen molar-refractivity contribution in [2.75, 3.05) is 44.7 Å². The number of urea groups is 1. The standard InChI is InChI=1S/C23H33N5O3/c1-17-7-6-8-19(18(17)2)24-20(29)15-26-11-13-27(14-12-26)16-28-21(30)23(25-22(28)31)9-4-3-5-10-23/h6-8H,3-5,9-16H2,1-2H3,(H,24,29)(H,25,31)/p+2. The molecule has 0 radical (unpaired) electrons. The number of hydrogen-bond donors (Lipinski definition) is 4. The van der Waals surface area contributed by atoms with Gasteiger partial charge in [-0.25, -0.2) is 9.69 Å². The molecule has 1 aromatic carbocycles. The molecule has 4 amide bonds. The minimum Gasteiger partial charge on any atom is -0.323 e. The lowest BCUT2D eigenvalue weighted by atomic mass is 9.82. The van der Waals surface area contributed by atoms with E-state index in [1.165, 1.54) is 14.7 Å². The Bertz CT molecular complexity index is 857. The topological polar surface area (TPSA) is 87.4 Å². The van der Waals surface area contributed by atoms with Crippen LogP contribution in [0, 0.1) is 13.8 Å². The van der Waals surface area contributed by atoms with Gasteiger partial charge in [0.05, 0.1) is 0 Å². The first-order valence-corrected chi connectivity index (χ1v) is 11.6. The van der Waals surface area contributed by atoms with Crippen molar-refractivity contribution in [3.8, 4) is 0 Å². The summed E-state index contributed by atoms with van der Waals surface area (Å²) >= 11 is 0. The van der Waals surface area contributed by atoms with E-state index in [1.807, 2.05) is 32.0 Å². The monoisotopic (exact) mass is 429 g/mol. The van der Waals surface area contributed by atoms with Crippen molar-refractivity contribution < 1.29 is 24.2 Å². The zero-order valence-corrected chi connectivity index (χ0v) is 18.7. The normalized spacial score (nSPS) is 25.5. The lowest BCUT2D eigenvalue weighted by Crippen LogP contribution is -3.29. The predicted molar refractivity (Wildman–Crippen MR) is 117 cm³/mol. The third kappa shape index (κ3) is 4.60. The van der Waals surface area contributed by atoms with E-state index in [1.54, 1.807) is 0 Å².